The Kier molecular flexibility index (Phi) is 7.01. The van der Waals surface area contributed by atoms with Gasteiger partial charge in [-0.1, -0.05) is 30.9 Å². The highest BCUT2D eigenvalue weighted by molar-refractivity contribution is 6.30. The Morgan fingerprint density at radius 3 is 2.72 bits per heavy atom. The zero-order valence-electron chi connectivity index (χ0n) is 14.2. The van der Waals surface area contributed by atoms with Crippen molar-refractivity contribution in [2.24, 2.45) is 11.7 Å². The highest BCUT2D eigenvalue weighted by Crippen LogP contribution is 2.31. The molecule has 0 saturated heterocycles. The summed E-state index contributed by atoms with van der Waals surface area (Å²) in [7, 11) is 0. The van der Waals surface area contributed by atoms with Gasteiger partial charge in [0.15, 0.2) is 11.9 Å². The van der Waals surface area contributed by atoms with Crippen LogP contribution in [0.15, 0.2) is 18.2 Å². The van der Waals surface area contributed by atoms with Gasteiger partial charge in [-0.05, 0) is 37.8 Å². The van der Waals surface area contributed by atoms with Crippen molar-refractivity contribution >= 4 is 23.2 Å². The molecule has 1 aromatic carbocycles. The molecule has 0 heterocycles. The van der Waals surface area contributed by atoms with Crippen molar-refractivity contribution in [2.45, 2.75) is 51.2 Å². The fraction of sp³-hybridized carbons (Fsp3) is 0.588. The number of nitrogens with zero attached hydrogens (tertiary/aromatic N) is 1. The Labute approximate surface area is 152 Å². The van der Waals surface area contributed by atoms with Crippen molar-refractivity contribution in [3.63, 3.8) is 0 Å². The molecule has 2 atom stereocenters. The Hall–Kier alpha value is -1.86. The van der Waals surface area contributed by atoms with E-state index in [1.165, 1.54) is 24.6 Å². The molecule has 0 aromatic heterocycles. The highest BCUT2D eigenvalue weighted by Gasteiger charge is 2.27. The van der Waals surface area contributed by atoms with Crippen molar-refractivity contribution in [3.05, 3.63) is 33.3 Å². The Balaban J connectivity index is 2.01. The molecule has 25 heavy (non-hydrogen) atoms. The molecule has 0 spiro atoms. The SMILES string of the molecule is CC(Oc1ccc(Cl)cc1[N+](=O)[O-])C(=O)NC(CN)C1CCCCC1. The van der Waals surface area contributed by atoms with Gasteiger partial charge in [0.1, 0.15) is 0 Å². The molecule has 1 aliphatic carbocycles. The predicted molar refractivity (Wildman–Crippen MR) is 95.8 cm³/mol. The summed E-state index contributed by atoms with van der Waals surface area (Å²) in [5, 5.41) is 14.3. The third-order valence-corrected chi connectivity index (χ3v) is 4.83. The minimum atomic E-state index is -0.877. The molecule has 0 aliphatic heterocycles. The van der Waals surface area contributed by atoms with Crippen molar-refractivity contribution in [2.75, 3.05) is 6.54 Å². The van der Waals surface area contributed by atoms with E-state index in [0.717, 1.165) is 25.7 Å². The summed E-state index contributed by atoms with van der Waals surface area (Å²) in [6.45, 7) is 1.92. The van der Waals surface area contributed by atoms with E-state index >= 15 is 0 Å². The van der Waals surface area contributed by atoms with Gasteiger partial charge in [-0.2, -0.15) is 0 Å². The zero-order valence-corrected chi connectivity index (χ0v) is 15.0. The summed E-state index contributed by atoms with van der Waals surface area (Å²) < 4.78 is 5.50. The second-order valence-electron chi connectivity index (χ2n) is 6.38. The fourth-order valence-corrected chi connectivity index (χ4v) is 3.35. The van der Waals surface area contributed by atoms with Gasteiger partial charge in [-0.15, -0.1) is 0 Å². The number of carbonyl (C=O) groups excluding carboxylic acids is 1. The van der Waals surface area contributed by atoms with Crippen LogP contribution < -0.4 is 15.8 Å². The van der Waals surface area contributed by atoms with Crippen molar-refractivity contribution in [1.29, 1.82) is 0 Å². The number of nitrogens with two attached hydrogens (primary N) is 1. The van der Waals surface area contributed by atoms with Gasteiger partial charge in [0.2, 0.25) is 0 Å². The third-order valence-electron chi connectivity index (χ3n) is 4.59. The topological polar surface area (TPSA) is 107 Å². The maximum absolute atomic E-state index is 12.4. The molecule has 138 valence electrons. The minimum absolute atomic E-state index is 0.0130. The number of hydrogen-bond donors (Lipinski definition) is 2. The molecule has 2 rings (SSSR count). The number of amides is 1. The largest absolute Gasteiger partial charge is 0.474 e. The molecule has 2 unspecified atom stereocenters. The molecule has 0 radical (unpaired) electrons. The highest BCUT2D eigenvalue weighted by atomic mass is 35.5. The van der Waals surface area contributed by atoms with E-state index in [-0.39, 0.29) is 28.4 Å². The van der Waals surface area contributed by atoms with E-state index in [2.05, 4.69) is 5.32 Å². The second-order valence-corrected chi connectivity index (χ2v) is 6.81. The first-order valence-electron chi connectivity index (χ1n) is 8.53. The van der Waals surface area contributed by atoms with Crippen molar-refractivity contribution in [1.82, 2.24) is 5.32 Å². The van der Waals surface area contributed by atoms with E-state index in [9.17, 15) is 14.9 Å². The second kappa shape index (κ2) is 9.01. The first-order chi connectivity index (χ1) is 11.9. The van der Waals surface area contributed by atoms with Crippen LogP contribution in [-0.4, -0.2) is 29.5 Å². The number of rotatable bonds is 7. The summed E-state index contributed by atoms with van der Waals surface area (Å²) in [5.41, 5.74) is 5.56. The van der Waals surface area contributed by atoms with Crippen LogP contribution >= 0.6 is 11.6 Å². The van der Waals surface area contributed by atoms with Crippen molar-refractivity contribution < 1.29 is 14.5 Å². The standard InChI is InChI=1S/C17H24ClN3O4/c1-11(25-16-8-7-13(18)9-15(16)21(23)24)17(22)20-14(10-19)12-5-3-2-4-6-12/h7-9,11-12,14H,2-6,10,19H2,1H3,(H,20,22). The number of ether oxygens (including phenoxy) is 1. The van der Waals surface area contributed by atoms with Crippen LogP contribution in [0.2, 0.25) is 5.02 Å². The molecule has 7 nitrogen and oxygen atoms in total. The molecular formula is C17H24ClN3O4. The van der Waals surface area contributed by atoms with Crippen LogP contribution in [0.3, 0.4) is 0 Å². The van der Waals surface area contributed by atoms with Crippen molar-refractivity contribution in [3.8, 4) is 5.75 Å². The molecule has 1 aromatic rings. The van der Waals surface area contributed by atoms with Crippen LogP contribution in [0, 0.1) is 16.0 Å². The van der Waals surface area contributed by atoms with E-state index < -0.39 is 11.0 Å². The van der Waals surface area contributed by atoms with Crippen LogP contribution in [-0.2, 0) is 4.79 Å². The number of benzene rings is 1. The number of hydrogen-bond acceptors (Lipinski definition) is 5. The molecule has 0 bridgehead atoms. The number of halogens is 1. The van der Waals surface area contributed by atoms with Gasteiger partial charge < -0.3 is 15.8 Å². The van der Waals surface area contributed by atoms with Gasteiger partial charge >= 0.3 is 5.69 Å². The Morgan fingerprint density at radius 2 is 2.12 bits per heavy atom. The fourth-order valence-electron chi connectivity index (χ4n) is 3.18. The van der Waals surface area contributed by atoms with Crippen LogP contribution in [0.1, 0.15) is 39.0 Å². The summed E-state index contributed by atoms with van der Waals surface area (Å²) in [6.07, 6.45) is 4.76. The predicted octanol–water partition coefficient (Wildman–Crippen LogP) is 3.04. The lowest BCUT2D eigenvalue weighted by atomic mass is 9.84. The molecule has 1 amide bonds. The van der Waals surface area contributed by atoms with E-state index in [0.29, 0.717) is 12.5 Å². The lowest BCUT2D eigenvalue weighted by Crippen LogP contribution is -2.49. The van der Waals surface area contributed by atoms with Crippen LogP contribution in [0.25, 0.3) is 0 Å². The first kappa shape index (κ1) is 19.5. The van der Waals surface area contributed by atoms with E-state index in [4.69, 9.17) is 22.1 Å². The summed E-state index contributed by atoms with van der Waals surface area (Å²) in [4.78, 5) is 22.9. The molecule has 1 fully saturated rings. The molecule has 1 saturated carbocycles. The number of nitrogens with one attached hydrogen (secondary N) is 1. The number of nitro groups is 1. The first-order valence-corrected chi connectivity index (χ1v) is 8.91. The molecule has 3 N–H and O–H groups in total. The van der Waals surface area contributed by atoms with Gasteiger partial charge in [0, 0.05) is 23.7 Å². The van der Waals surface area contributed by atoms with Gasteiger partial charge in [-0.25, -0.2) is 0 Å². The summed E-state index contributed by atoms with van der Waals surface area (Å²) in [6, 6.07) is 3.98. The smallest absolute Gasteiger partial charge is 0.312 e. The molecular weight excluding hydrogens is 346 g/mol. The Morgan fingerprint density at radius 1 is 1.44 bits per heavy atom. The van der Waals surface area contributed by atoms with E-state index in [1.807, 2.05) is 0 Å². The lowest BCUT2D eigenvalue weighted by molar-refractivity contribution is -0.386. The minimum Gasteiger partial charge on any atom is -0.474 e. The third kappa shape index (κ3) is 5.31. The summed E-state index contributed by atoms with van der Waals surface area (Å²) in [5.74, 6) is 0.0593. The summed E-state index contributed by atoms with van der Waals surface area (Å²) >= 11 is 5.78. The average molecular weight is 370 g/mol. The number of carbonyl (C=O) groups is 1. The monoisotopic (exact) mass is 369 g/mol. The van der Waals surface area contributed by atoms with E-state index in [1.54, 1.807) is 6.92 Å². The Bertz CT molecular complexity index is 620. The van der Waals surface area contributed by atoms with Crippen LogP contribution in [0.4, 0.5) is 5.69 Å². The van der Waals surface area contributed by atoms with Gasteiger partial charge in [0.05, 0.1) is 4.92 Å². The molecule has 1 aliphatic rings. The lowest BCUT2D eigenvalue weighted by Gasteiger charge is -2.30. The zero-order chi connectivity index (χ0) is 18.4. The maximum atomic E-state index is 12.4. The van der Waals surface area contributed by atoms with Crippen LogP contribution in [0.5, 0.6) is 5.75 Å². The number of nitro benzene ring substituents is 1. The average Bonchev–Trinajstić information content (AvgIpc) is 2.61. The normalized spacial score (nSPS) is 17.6. The molecule has 8 heteroatoms. The van der Waals surface area contributed by atoms with Gasteiger partial charge in [-0.3, -0.25) is 14.9 Å². The van der Waals surface area contributed by atoms with Gasteiger partial charge in [0.25, 0.3) is 5.91 Å². The quantitative estimate of drug-likeness (QED) is 0.567. The maximum Gasteiger partial charge on any atom is 0.312 e.